The van der Waals surface area contributed by atoms with Crippen LogP contribution in [0.1, 0.15) is 25.0 Å². The number of nitrogens with one attached hydrogen (secondary N) is 1. The van der Waals surface area contributed by atoms with Crippen LogP contribution in [0, 0.1) is 0 Å². The Labute approximate surface area is 105 Å². The number of hydrogen-bond acceptors (Lipinski definition) is 3. The number of aliphatic hydroxyl groups is 1. The van der Waals surface area contributed by atoms with Gasteiger partial charge < -0.3 is 5.11 Å². The Kier molecular flexibility index (Phi) is 5.18. The third-order valence-electron chi connectivity index (χ3n) is 2.37. The number of aliphatic hydroxyl groups excluding tert-OH is 1. The van der Waals surface area contributed by atoms with Crippen LogP contribution in [0.25, 0.3) is 0 Å². The largest absolute Gasteiger partial charge is 0.388 e. The average molecular weight is 279 g/mol. The number of rotatable bonds is 6. The molecule has 0 spiro atoms. The second kappa shape index (κ2) is 6.21. The molecule has 0 amide bonds. The van der Waals surface area contributed by atoms with Crippen LogP contribution in [0.5, 0.6) is 0 Å². The fraction of sp³-hybridized carbons (Fsp3) is 0.455. The summed E-state index contributed by atoms with van der Waals surface area (Å²) in [5, 5.41) is 9.60. The standard InChI is InChI=1S/C11H15F2NO3S/c1-2-10(15)8-4-3-5-9(6-8)18(16,17)14-7-11(12)13/h3-6,10-11,14-15H,2,7H2,1H3. The van der Waals surface area contributed by atoms with Crippen molar-refractivity contribution in [1.29, 1.82) is 0 Å². The van der Waals surface area contributed by atoms with Crippen LogP contribution in [0.15, 0.2) is 29.2 Å². The number of alkyl halides is 2. The number of halogens is 2. The molecule has 1 unspecified atom stereocenters. The molecule has 0 bridgehead atoms. The van der Waals surface area contributed by atoms with Gasteiger partial charge in [-0.3, -0.25) is 0 Å². The Hall–Kier alpha value is -1.05. The highest BCUT2D eigenvalue weighted by molar-refractivity contribution is 7.89. The molecule has 0 aliphatic rings. The molecule has 7 heteroatoms. The van der Waals surface area contributed by atoms with E-state index < -0.39 is 29.1 Å². The van der Waals surface area contributed by atoms with Gasteiger partial charge in [0.05, 0.1) is 17.5 Å². The summed E-state index contributed by atoms with van der Waals surface area (Å²) in [6.07, 6.45) is -3.08. The van der Waals surface area contributed by atoms with Gasteiger partial charge in [-0.2, -0.15) is 0 Å². The number of sulfonamides is 1. The molecular weight excluding hydrogens is 264 g/mol. The zero-order valence-electron chi connectivity index (χ0n) is 9.81. The van der Waals surface area contributed by atoms with E-state index in [-0.39, 0.29) is 4.90 Å². The summed E-state index contributed by atoms with van der Waals surface area (Å²) >= 11 is 0. The van der Waals surface area contributed by atoms with E-state index in [0.29, 0.717) is 12.0 Å². The van der Waals surface area contributed by atoms with E-state index in [1.807, 2.05) is 0 Å². The zero-order chi connectivity index (χ0) is 13.8. The third kappa shape index (κ3) is 4.01. The minimum Gasteiger partial charge on any atom is -0.388 e. The van der Waals surface area contributed by atoms with Gasteiger partial charge in [-0.25, -0.2) is 21.9 Å². The van der Waals surface area contributed by atoms with Crippen LogP contribution < -0.4 is 4.72 Å². The van der Waals surface area contributed by atoms with E-state index in [1.54, 1.807) is 17.7 Å². The van der Waals surface area contributed by atoms with Gasteiger partial charge in [0.25, 0.3) is 6.43 Å². The third-order valence-corrected chi connectivity index (χ3v) is 3.79. The lowest BCUT2D eigenvalue weighted by atomic mass is 10.1. The lowest BCUT2D eigenvalue weighted by Gasteiger charge is -2.11. The highest BCUT2D eigenvalue weighted by Gasteiger charge is 2.17. The molecule has 0 aliphatic carbocycles. The first-order valence-electron chi connectivity index (χ1n) is 5.42. The van der Waals surface area contributed by atoms with Crippen LogP contribution in [0.3, 0.4) is 0 Å². The lowest BCUT2D eigenvalue weighted by Crippen LogP contribution is -2.28. The van der Waals surface area contributed by atoms with Crippen molar-refractivity contribution in [2.45, 2.75) is 30.8 Å². The molecule has 18 heavy (non-hydrogen) atoms. The van der Waals surface area contributed by atoms with E-state index in [9.17, 15) is 22.3 Å². The maximum Gasteiger partial charge on any atom is 0.251 e. The summed E-state index contributed by atoms with van der Waals surface area (Å²) in [5.74, 6) is 0. The first-order valence-corrected chi connectivity index (χ1v) is 6.91. The molecule has 102 valence electrons. The van der Waals surface area contributed by atoms with Crippen molar-refractivity contribution in [2.75, 3.05) is 6.54 Å². The SMILES string of the molecule is CCC(O)c1cccc(S(=O)(=O)NCC(F)F)c1. The van der Waals surface area contributed by atoms with Gasteiger partial charge in [0.2, 0.25) is 10.0 Å². The van der Waals surface area contributed by atoms with E-state index in [4.69, 9.17) is 0 Å². The predicted octanol–water partition coefficient (Wildman–Crippen LogP) is 1.67. The topological polar surface area (TPSA) is 66.4 Å². The van der Waals surface area contributed by atoms with Crippen molar-refractivity contribution in [3.63, 3.8) is 0 Å². The fourth-order valence-electron chi connectivity index (χ4n) is 1.38. The van der Waals surface area contributed by atoms with Crippen molar-refractivity contribution in [2.24, 2.45) is 0 Å². The predicted molar refractivity (Wildman–Crippen MR) is 62.9 cm³/mol. The van der Waals surface area contributed by atoms with Gasteiger partial charge in [-0.05, 0) is 24.1 Å². The smallest absolute Gasteiger partial charge is 0.251 e. The molecule has 0 heterocycles. The Morgan fingerprint density at radius 2 is 2.06 bits per heavy atom. The van der Waals surface area contributed by atoms with Gasteiger partial charge >= 0.3 is 0 Å². The quantitative estimate of drug-likeness (QED) is 0.832. The van der Waals surface area contributed by atoms with Crippen LogP contribution in [-0.4, -0.2) is 26.5 Å². The van der Waals surface area contributed by atoms with E-state index in [0.717, 1.165) is 0 Å². The Bertz CT molecular complexity index is 491. The Morgan fingerprint density at radius 3 is 2.61 bits per heavy atom. The minimum absolute atomic E-state index is 0.131. The van der Waals surface area contributed by atoms with Gasteiger partial charge in [0.1, 0.15) is 0 Å². The summed E-state index contributed by atoms with van der Waals surface area (Å²) in [5.41, 5.74) is 0.442. The average Bonchev–Trinajstić information content (AvgIpc) is 2.35. The monoisotopic (exact) mass is 279 g/mol. The van der Waals surface area contributed by atoms with Gasteiger partial charge in [-0.15, -0.1) is 0 Å². The van der Waals surface area contributed by atoms with Gasteiger partial charge in [0, 0.05) is 0 Å². The summed E-state index contributed by atoms with van der Waals surface area (Å²) in [6.45, 7) is 0.823. The van der Waals surface area contributed by atoms with Crippen LogP contribution in [0.4, 0.5) is 8.78 Å². The van der Waals surface area contributed by atoms with Crippen LogP contribution >= 0.6 is 0 Å². The molecule has 1 atom stereocenters. The molecule has 0 aromatic heterocycles. The van der Waals surface area contributed by atoms with Crippen LogP contribution in [-0.2, 0) is 10.0 Å². The Balaban J connectivity index is 2.95. The fourth-order valence-corrected chi connectivity index (χ4v) is 2.44. The minimum atomic E-state index is -3.96. The molecule has 0 fully saturated rings. The Morgan fingerprint density at radius 1 is 1.39 bits per heavy atom. The molecule has 1 aromatic carbocycles. The highest BCUT2D eigenvalue weighted by atomic mass is 32.2. The van der Waals surface area contributed by atoms with E-state index >= 15 is 0 Å². The molecule has 2 N–H and O–H groups in total. The maximum absolute atomic E-state index is 12.0. The van der Waals surface area contributed by atoms with Crippen molar-refractivity contribution >= 4 is 10.0 Å². The lowest BCUT2D eigenvalue weighted by molar-refractivity contribution is 0.153. The second-order valence-corrected chi connectivity index (χ2v) is 5.51. The summed E-state index contributed by atoms with van der Waals surface area (Å²) in [4.78, 5) is -0.131. The van der Waals surface area contributed by atoms with Gasteiger partial charge in [-0.1, -0.05) is 19.1 Å². The van der Waals surface area contributed by atoms with Crippen LogP contribution in [0.2, 0.25) is 0 Å². The number of hydrogen-bond donors (Lipinski definition) is 2. The van der Waals surface area contributed by atoms with E-state index in [2.05, 4.69) is 0 Å². The molecule has 0 saturated heterocycles. The van der Waals surface area contributed by atoms with Gasteiger partial charge in [0.15, 0.2) is 0 Å². The second-order valence-electron chi connectivity index (χ2n) is 3.74. The first-order chi connectivity index (χ1) is 8.36. The van der Waals surface area contributed by atoms with E-state index in [1.165, 1.54) is 18.2 Å². The highest BCUT2D eigenvalue weighted by Crippen LogP contribution is 2.19. The normalized spacial score (nSPS) is 13.8. The van der Waals surface area contributed by atoms with Crippen molar-refractivity contribution < 1.29 is 22.3 Å². The van der Waals surface area contributed by atoms with Crippen molar-refractivity contribution in [1.82, 2.24) is 4.72 Å². The zero-order valence-corrected chi connectivity index (χ0v) is 10.6. The van der Waals surface area contributed by atoms with Crippen molar-refractivity contribution in [3.05, 3.63) is 29.8 Å². The summed E-state index contributed by atoms with van der Waals surface area (Å²) in [7, 11) is -3.96. The maximum atomic E-state index is 12.0. The molecule has 1 aromatic rings. The molecule has 0 radical (unpaired) electrons. The summed E-state index contributed by atoms with van der Waals surface area (Å²) in [6, 6.07) is 5.62. The molecule has 4 nitrogen and oxygen atoms in total. The van der Waals surface area contributed by atoms with Crippen molar-refractivity contribution in [3.8, 4) is 0 Å². The first kappa shape index (κ1) is 15.0. The summed E-state index contributed by atoms with van der Waals surface area (Å²) < 4.78 is 49.1. The molecule has 0 saturated carbocycles. The molecule has 0 aliphatic heterocycles. The number of benzene rings is 1. The molecular formula is C11H15F2NO3S. The molecule has 1 rings (SSSR count).